The minimum atomic E-state index is -0.300. The van der Waals surface area contributed by atoms with Crippen LogP contribution in [-0.2, 0) is 0 Å². The third kappa shape index (κ3) is 0.862. The molecule has 0 aliphatic heterocycles. The van der Waals surface area contributed by atoms with Gasteiger partial charge in [0, 0.05) is 5.41 Å². The molecule has 2 N–H and O–H groups in total. The van der Waals surface area contributed by atoms with Gasteiger partial charge in [-0.1, -0.05) is 27.2 Å². The normalized spacial score (nSPS) is 58.7. The van der Waals surface area contributed by atoms with Gasteiger partial charge >= 0.3 is 0 Å². The lowest BCUT2D eigenvalue weighted by molar-refractivity contribution is -0.105. The third-order valence-corrected chi connectivity index (χ3v) is 6.76. The zero-order chi connectivity index (χ0) is 11.8. The summed E-state index contributed by atoms with van der Waals surface area (Å²) in [6.07, 6.45) is 4.75. The van der Waals surface area contributed by atoms with E-state index in [-0.39, 0.29) is 28.5 Å². The molecule has 5 atom stereocenters. The fourth-order valence-electron chi connectivity index (χ4n) is 5.50. The summed E-state index contributed by atoms with van der Waals surface area (Å²) in [6.45, 7) is 6.83. The van der Waals surface area contributed by atoms with Gasteiger partial charge in [0.1, 0.15) is 0 Å². The van der Waals surface area contributed by atoms with E-state index in [4.69, 9.17) is 0 Å². The average molecular weight is 224 g/mol. The van der Waals surface area contributed by atoms with Crippen molar-refractivity contribution in [3.63, 3.8) is 0 Å². The van der Waals surface area contributed by atoms with Gasteiger partial charge in [0.05, 0.1) is 12.2 Å². The smallest absolute Gasteiger partial charge is 0.0682 e. The maximum Gasteiger partial charge on any atom is 0.0682 e. The van der Waals surface area contributed by atoms with Gasteiger partial charge < -0.3 is 10.2 Å². The minimum Gasteiger partial charge on any atom is -0.392 e. The Morgan fingerprint density at radius 1 is 1.00 bits per heavy atom. The maximum absolute atomic E-state index is 10.8. The first-order valence-electron chi connectivity index (χ1n) is 6.73. The predicted octanol–water partition coefficient (Wildman–Crippen LogP) is 2.33. The van der Waals surface area contributed by atoms with Crippen molar-refractivity contribution in [2.45, 2.75) is 65.1 Å². The number of fused-ring (bicyclic) bond motifs is 3. The summed E-state index contributed by atoms with van der Waals surface area (Å²) in [6, 6.07) is 0. The molecule has 0 aromatic rings. The van der Waals surface area contributed by atoms with E-state index in [1.807, 2.05) is 0 Å². The molecule has 0 unspecified atom stereocenters. The number of aliphatic hydroxyl groups excluding tert-OH is 2. The number of hydrogen-bond donors (Lipinski definition) is 2. The molecule has 0 heterocycles. The standard InChI is InChI=1S/C14H24O2/c1-12(2)9-6-8-13(12,3)11(16)14(9)7-4-5-10(14)15/h9-11,15-16H,4-8H2,1-3H3/t9-,10-,11+,13-,14+/m1/s1. The van der Waals surface area contributed by atoms with E-state index in [0.29, 0.717) is 5.92 Å². The molecule has 3 saturated carbocycles. The quantitative estimate of drug-likeness (QED) is 0.663. The molecule has 92 valence electrons. The molecule has 3 fully saturated rings. The van der Waals surface area contributed by atoms with Crippen LogP contribution in [0.3, 0.4) is 0 Å². The fraction of sp³-hybridized carbons (Fsp3) is 1.00. The Kier molecular flexibility index (Phi) is 1.96. The molecule has 3 aliphatic rings. The van der Waals surface area contributed by atoms with Crippen LogP contribution in [0, 0.1) is 22.2 Å². The molecule has 2 bridgehead atoms. The third-order valence-electron chi connectivity index (χ3n) is 6.76. The Balaban J connectivity index is 2.12. The molecule has 1 spiro atoms. The molecular formula is C14H24O2. The summed E-state index contributed by atoms with van der Waals surface area (Å²) in [5.41, 5.74) is 0.0250. The maximum atomic E-state index is 10.8. The van der Waals surface area contributed by atoms with Crippen molar-refractivity contribution in [1.29, 1.82) is 0 Å². The van der Waals surface area contributed by atoms with Crippen molar-refractivity contribution in [2.24, 2.45) is 22.2 Å². The van der Waals surface area contributed by atoms with Gasteiger partial charge in [-0.2, -0.15) is 0 Å². The second-order valence-electron chi connectivity index (χ2n) is 7.15. The zero-order valence-electron chi connectivity index (χ0n) is 10.7. The van der Waals surface area contributed by atoms with E-state index < -0.39 is 0 Å². The summed E-state index contributed by atoms with van der Waals surface area (Å²) < 4.78 is 0. The molecule has 0 aromatic heterocycles. The number of hydrogen-bond acceptors (Lipinski definition) is 2. The van der Waals surface area contributed by atoms with E-state index in [1.54, 1.807) is 0 Å². The zero-order valence-corrected chi connectivity index (χ0v) is 10.7. The first-order valence-corrected chi connectivity index (χ1v) is 6.73. The van der Waals surface area contributed by atoms with Crippen molar-refractivity contribution in [3.05, 3.63) is 0 Å². The Bertz CT molecular complexity index is 325. The van der Waals surface area contributed by atoms with Crippen LogP contribution in [0.15, 0.2) is 0 Å². The van der Waals surface area contributed by atoms with Crippen LogP contribution in [0.5, 0.6) is 0 Å². The van der Waals surface area contributed by atoms with E-state index in [9.17, 15) is 10.2 Å². The van der Waals surface area contributed by atoms with Crippen LogP contribution in [0.2, 0.25) is 0 Å². The molecule has 0 amide bonds. The highest BCUT2D eigenvalue weighted by Gasteiger charge is 2.74. The molecule has 0 radical (unpaired) electrons. The van der Waals surface area contributed by atoms with E-state index in [1.165, 1.54) is 6.42 Å². The van der Waals surface area contributed by atoms with Gasteiger partial charge in [-0.25, -0.2) is 0 Å². The van der Waals surface area contributed by atoms with E-state index >= 15 is 0 Å². The van der Waals surface area contributed by atoms with Crippen LogP contribution >= 0.6 is 0 Å². The van der Waals surface area contributed by atoms with Gasteiger partial charge in [0.25, 0.3) is 0 Å². The van der Waals surface area contributed by atoms with Crippen molar-refractivity contribution < 1.29 is 10.2 Å². The van der Waals surface area contributed by atoms with Gasteiger partial charge in [-0.15, -0.1) is 0 Å². The monoisotopic (exact) mass is 224 g/mol. The van der Waals surface area contributed by atoms with Crippen molar-refractivity contribution in [2.75, 3.05) is 0 Å². The predicted molar refractivity (Wildman–Crippen MR) is 62.9 cm³/mol. The van der Waals surface area contributed by atoms with Crippen molar-refractivity contribution in [1.82, 2.24) is 0 Å². The number of aliphatic hydroxyl groups is 2. The SMILES string of the molecule is CC1(C)[C@H]2CC[C@]1(C)[C@H](O)[C@@]21CCC[C@H]1O. The average Bonchev–Trinajstić information content (AvgIpc) is 2.71. The highest BCUT2D eigenvalue weighted by molar-refractivity contribution is 5.23. The Morgan fingerprint density at radius 2 is 1.69 bits per heavy atom. The van der Waals surface area contributed by atoms with Gasteiger partial charge in [0.15, 0.2) is 0 Å². The van der Waals surface area contributed by atoms with E-state index in [2.05, 4.69) is 20.8 Å². The van der Waals surface area contributed by atoms with Crippen LogP contribution in [-0.4, -0.2) is 22.4 Å². The molecule has 2 nitrogen and oxygen atoms in total. The summed E-state index contributed by atoms with van der Waals surface area (Å²) in [4.78, 5) is 0. The Labute approximate surface area is 98.1 Å². The molecule has 3 aliphatic carbocycles. The minimum absolute atomic E-state index is 0.0169. The topological polar surface area (TPSA) is 40.5 Å². The lowest BCUT2D eigenvalue weighted by Gasteiger charge is -2.43. The molecular weight excluding hydrogens is 200 g/mol. The largest absolute Gasteiger partial charge is 0.392 e. The molecule has 2 heteroatoms. The first kappa shape index (κ1) is 11.0. The molecule has 0 aromatic carbocycles. The summed E-state index contributed by atoms with van der Waals surface area (Å²) in [5, 5.41) is 21.1. The lowest BCUT2D eigenvalue weighted by Crippen LogP contribution is -2.48. The van der Waals surface area contributed by atoms with Crippen LogP contribution in [0.1, 0.15) is 52.9 Å². The summed E-state index contributed by atoms with van der Waals surface area (Å²) in [5.74, 6) is 0.512. The van der Waals surface area contributed by atoms with Gasteiger partial charge in [-0.3, -0.25) is 0 Å². The van der Waals surface area contributed by atoms with Crippen LogP contribution in [0.25, 0.3) is 0 Å². The first-order chi connectivity index (χ1) is 7.37. The second-order valence-corrected chi connectivity index (χ2v) is 7.15. The van der Waals surface area contributed by atoms with E-state index in [0.717, 1.165) is 25.7 Å². The van der Waals surface area contributed by atoms with Crippen molar-refractivity contribution in [3.8, 4) is 0 Å². The molecule has 3 rings (SSSR count). The van der Waals surface area contributed by atoms with Crippen LogP contribution in [0.4, 0.5) is 0 Å². The second kappa shape index (κ2) is 2.84. The molecule has 0 saturated heterocycles. The lowest BCUT2D eigenvalue weighted by atomic mass is 9.65. The van der Waals surface area contributed by atoms with Crippen LogP contribution < -0.4 is 0 Å². The molecule has 16 heavy (non-hydrogen) atoms. The summed E-state index contributed by atoms with van der Waals surface area (Å²) in [7, 11) is 0. The highest BCUT2D eigenvalue weighted by atomic mass is 16.3. The Hall–Kier alpha value is -0.0800. The summed E-state index contributed by atoms with van der Waals surface area (Å²) >= 11 is 0. The number of rotatable bonds is 0. The fourth-order valence-corrected chi connectivity index (χ4v) is 5.50. The highest BCUT2D eigenvalue weighted by Crippen LogP contribution is 2.75. The van der Waals surface area contributed by atoms with Gasteiger partial charge in [-0.05, 0) is 42.4 Å². The Morgan fingerprint density at radius 3 is 2.12 bits per heavy atom. The van der Waals surface area contributed by atoms with Crippen molar-refractivity contribution >= 4 is 0 Å². The van der Waals surface area contributed by atoms with Gasteiger partial charge in [0.2, 0.25) is 0 Å².